The van der Waals surface area contributed by atoms with Gasteiger partial charge in [0.1, 0.15) is 10.8 Å². The molecule has 0 spiro atoms. The van der Waals surface area contributed by atoms with Gasteiger partial charge < -0.3 is 24.1 Å². The summed E-state index contributed by atoms with van der Waals surface area (Å²) in [6.07, 6.45) is 1.58. The van der Waals surface area contributed by atoms with Gasteiger partial charge in [0.05, 0.1) is 38.3 Å². The van der Waals surface area contributed by atoms with Crippen LogP contribution in [0.1, 0.15) is 35.1 Å². The van der Waals surface area contributed by atoms with E-state index in [1.165, 1.54) is 11.3 Å². The number of aliphatic hydroxyl groups excluding tert-OH is 2. The minimum atomic E-state index is -0.547. The molecule has 7 nitrogen and oxygen atoms in total. The molecule has 0 amide bonds. The molecule has 9 heteroatoms. The first-order valence-corrected chi connectivity index (χ1v) is 10.4. The van der Waals surface area contributed by atoms with E-state index < -0.39 is 18.3 Å². The lowest BCUT2D eigenvalue weighted by atomic mass is 9.94. The summed E-state index contributed by atoms with van der Waals surface area (Å²) in [6, 6.07) is 7.32. The molecular weight excluding hydrogens is 416 g/mol. The molecule has 3 atom stereocenters. The Morgan fingerprint density at radius 1 is 1.31 bits per heavy atom. The van der Waals surface area contributed by atoms with Crippen LogP contribution < -0.4 is 4.74 Å². The molecule has 1 aliphatic rings. The summed E-state index contributed by atoms with van der Waals surface area (Å²) in [5.74, 6) is 1.26. The van der Waals surface area contributed by atoms with Crippen LogP contribution >= 0.6 is 22.9 Å². The summed E-state index contributed by atoms with van der Waals surface area (Å²) in [4.78, 5) is 0. The van der Waals surface area contributed by atoms with E-state index in [-0.39, 0.29) is 6.61 Å². The van der Waals surface area contributed by atoms with Gasteiger partial charge >= 0.3 is 0 Å². The van der Waals surface area contributed by atoms with Crippen LogP contribution in [0.2, 0.25) is 5.02 Å². The van der Waals surface area contributed by atoms with Gasteiger partial charge in [0.15, 0.2) is 10.8 Å². The third-order valence-electron chi connectivity index (χ3n) is 4.87. The molecular formula is C20H21ClN2O5S. The fraction of sp³-hybridized carbons (Fsp3) is 0.400. The number of halogens is 1. The Bertz CT molecular complexity index is 962. The summed E-state index contributed by atoms with van der Waals surface area (Å²) >= 11 is 7.93. The first-order chi connectivity index (χ1) is 14.1. The topological polar surface area (TPSA) is 97.8 Å². The maximum atomic E-state index is 10.2. The fourth-order valence-corrected chi connectivity index (χ4v) is 4.53. The Morgan fingerprint density at radius 3 is 2.90 bits per heavy atom. The average molecular weight is 437 g/mol. The molecule has 0 aliphatic carbocycles. The fourth-order valence-electron chi connectivity index (χ4n) is 3.48. The zero-order valence-electron chi connectivity index (χ0n) is 15.7. The van der Waals surface area contributed by atoms with Crippen LogP contribution in [0.15, 0.2) is 34.9 Å². The molecule has 0 bridgehead atoms. The van der Waals surface area contributed by atoms with E-state index in [0.29, 0.717) is 40.8 Å². The summed E-state index contributed by atoms with van der Waals surface area (Å²) in [5, 5.41) is 30.1. The van der Waals surface area contributed by atoms with Crippen LogP contribution in [-0.4, -0.2) is 46.3 Å². The lowest BCUT2D eigenvalue weighted by molar-refractivity contribution is -0.114. The van der Waals surface area contributed by atoms with Gasteiger partial charge in [-0.05, 0) is 29.8 Å². The number of rotatable bonds is 6. The van der Waals surface area contributed by atoms with Crippen LogP contribution in [-0.2, 0) is 11.2 Å². The van der Waals surface area contributed by atoms with Crippen LogP contribution in [0.3, 0.4) is 0 Å². The van der Waals surface area contributed by atoms with Gasteiger partial charge in [-0.3, -0.25) is 0 Å². The van der Waals surface area contributed by atoms with Gasteiger partial charge in [-0.15, -0.1) is 10.2 Å². The van der Waals surface area contributed by atoms with E-state index in [1.807, 2.05) is 12.1 Å². The Labute approximate surface area is 176 Å². The zero-order valence-corrected chi connectivity index (χ0v) is 17.3. The van der Waals surface area contributed by atoms with Crippen molar-refractivity contribution >= 4 is 22.9 Å². The maximum Gasteiger partial charge on any atom is 0.183 e. The molecule has 1 aromatic carbocycles. The third-order valence-corrected chi connectivity index (χ3v) is 6.16. The highest BCUT2D eigenvalue weighted by Gasteiger charge is 2.31. The van der Waals surface area contributed by atoms with Crippen molar-refractivity contribution in [3.8, 4) is 16.5 Å². The van der Waals surface area contributed by atoms with E-state index in [9.17, 15) is 10.2 Å². The van der Waals surface area contributed by atoms with E-state index >= 15 is 0 Å². The number of ether oxygens (including phenoxy) is 2. The number of aromatic nitrogens is 2. The quantitative estimate of drug-likeness (QED) is 0.608. The smallest absolute Gasteiger partial charge is 0.183 e. The first kappa shape index (κ1) is 20.3. The monoisotopic (exact) mass is 436 g/mol. The number of hydrogen-bond acceptors (Lipinski definition) is 8. The zero-order chi connectivity index (χ0) is 20.4. The normalized spacial score (nSPS) is 22.0. The summed E-state index contributed by atoms with van der Waals surface area (Å²) in [7, 11) is 1.57. The summed E-state index contributed by atoms with van der Waals surface area (Å²) < 4.78 is 16.8. The van der Waals surface area contributed by atoms with Crippen molar-refractivity contribution in [3.63, 3.8) is 0 Å². The average Bonchev–Trinajstić information content (AvgIpc) is 3.40. The van der Waals surface area contributed by atoms with Crippen LogP contribution in [0.25, 0.3) is 10.8 Å². The SMILES string of the molecule is COc1cc(Cl)c(Cc2nnc(-c3ccco3)s2)cc1C1CC(O)CC(CO)O1. The number of aliphatic hydroxyl groups is 2. The van der Waals surface area contributed by atoms with E-state index in [4.69, 9.17) is 25.5 Å². The predicted octanol–water partition coefficient (Wildman–Crippen LogP) is 3.62. The lowest BCUT2D eigenvalue weighted by Gasteiger charge is -2.33. The van der Waals surface area contributed by atoms with Gasteiger partial charge in [0, 0.05) is 29.8 Å². The van der Waals surface area contributed by atoms with Gasteiger partial charge in [-0.25, -0.2) is 0 Å². The molecule has 154 valence electrons. The van der Waals surface area contributed by atoms with Crippen molar-refractivity contribution in [2.75, 3.05) is 13.7 Å². The molecule has 3 heterocycles. The van der Waals surface area contributed by atoms with Crippen molar-refractivity contribution in [2.24, 2.45) is 0 Å². The van der Waals surface area contributed by atoms with E-state index in [1.54, 1.807) is 25.5 Å². The van der Waals surface area contributed by atoms with Gasteiger partial charge in [-0.1, -0.05) is 22.9 Å². The van der Waals surface area contributed by atoms with Crippen molar-refractivity contribution < 1.29 is 24.1 Å². The summed E-state index contributed by atoms with van der Waals surface area (Å²) in [6.45, 7) is -0.142. The molecule has 29 heavy (non-hydrogen) atoms. The van der Waals surface area contributed by atoms with Crippen molar-refractivity contribution in [2.45, 2.75) is 37.6 Å². The Balaban J connectivity index is 1.62. The molecule has 1 aliphatic heterocycles. The highest BCUT2D eigenvalue weighted by atomic mass is 35.5. The standard InChI is InChI=1S/C20H21ClN2O5S/c1-26-17-9-15(21)11(5-14(17)18-8-12(25)7-13(10-24)28-18)6-19-22-23-20(29-19)16-3-2-4-27-16/h2-5,9,12-13,18,24-25H,6-8,10H2,1H3. The minimum Gasteiger partial charge on any atom is -0.496 e. The number of methoxy groups -OCH3 is 1. The molecule has 1 saturated heterocycles. The molecule has 2 aromatic heterocycles. The highest BCUT2D eigenvalue weighted by Crippen LogP contribution is 2.39. The van der Waals surface area contributed by atoms with Crippen LogP contribution in [0, 0.1) is 0 Å². The van der Waals surface area contributed by atoms with Crippen molar-refractivity contribution in [3.05, 3.63) is 51.7 Å². The molecule has 0 saturated carbocycles. The molecule has 1 fully saturated rings. The molecule has 3 unspecified atom stereocenters. The minimum absolute atomic E-state index is 0.142. The van der Waals surface area contributed by atoms with Crippen LogP contribution in [0.4, 0.5) is 0 Å². The van der Waals surface area contributed by atoms with Gasteiger partial charge in [0.2, 0.25) is 0 Å². The number of nitrogens with zero attached hydrogens (tertiary/aromatic N) is 2. The Morgan fingerprint density at radius 2 is 2.17 bits per heavy atom. The maximum absolute atomic E-state index is 10.2. The molecule has 0 radical (unpaired) electrons. The van der Waals surface area contributed by atoms with Gasteiger partial charge in [0.25, 0.3) is 0 Å². The Kier molecular flexibility index (Phi) is 6.17. The van der Waals surface area contributed by atoms with Crippen molar-refractivity contribution in [1.29, 1.82) is 0 Å². The van der Waals surface area contributed by atoms with E-state index in [2.05, 4.69) is 10.2 Å². The number of hydrogen-bond donors (Lipinski definition) is 2. The van der Waals surface area contributed by atoms with Gasteiger partial charge in [-0.2, -0.15) is 0 Å². The summed E-state index contributed by atoms with van der Waals surface area (Å²) in [5.41, 5.74) is 1.65. The highest BCUT2D eigenvalue weighted by molar-refractivity contribution is 7.14. The second-order valence-corrected chi connectivity index (χ2v) is 8.36. The largest absolute Gasteiger partial charge is 0.496 e. The Hall–Kier alpha value is -1.97. The lowest BCUT2D eigenvalue weighted by Crippen LogP contribution is -2.33. The van der Waals surface area contributed by atoms with E-state index in [0.717, 1.165) is 16.1 Å². The number of benzene rings is 1. The van der Waals surface area contributed by atoms with Crippen molar-refractivity contribution in [1.82, 2.24) is 10.2 Å². The number of furan rings is 1. The third kappa shape index (κ3) is 4.46. The molecule has 4 rings (SSSR count). The predicted molar refractivity (Wildman–Crippen MR) is 108 cm³/mol. The molecule has 2 N–H and O–H groups in total. The van der Waals surface area contributed by atoms with Crippen LogP contribution in [0.5, 0.6) is 5.75 Å². The second kappa shape index (κ2) is 8.81. The first-order valence-electron chi connectivity index (χ1n) is 9.24. The second-order valence-electron chi connectivity index (χ2n) is 6.90. The molecule has 3 aromatic rings.